The molecule has 19 heavy (non-hydrogen) atoms. The molecule has 0 aromatic heterocycles. The molecule has 0 aromatic rings. The minimum atomic E-state index is -0.498. The quantitative estimate of drug-likeness (QED) is 0.795. The van der Waals surface area contributed by atoms with Gasteiger partial charge in [0.15, 0.2) is 0 Å². The van der Waals surface area contributed by atoms with E-state index in [9.17, 15) is 9.59 Å². The van der Waals surface area contributed by atoms with Gasteiger partial charge in [-0.25, -0.2) is 0 Å². The van der Waals surface area contributed by atoms with Gasteiger partial charge in [-0.05, 0) is 17.7 Å². The lowest BCUT2D eigenvalue weighted by molar-refractivity contribution is -0.126. The molecule has 1 aliphatic carbocycles. The molecule has 3 rings (SSSR count). The Balaban J connectivity index is 2.28. The molecule has 96 valence electrons. The number of hydrogen-bond donors (Lipinski definition) is 2. The monoisotopic (exact) mass is 256 g/mol. The zero-order chi connectivity index (χ0) is 13.6. The van der Waals surface area contributed by atoms with E-state index in [1.54, 1.807) is 24.5 Å². The van der Waals surface area contributed by atoms with E-state index in [0.717, 1.165) is 22.4 Å². The van der Waals surface area contributed by atoms with Crippen LogP contribution in [0.25, 0.3) is 17.2 Å². The Morgan fingerprint density at radius 3 is 2.95 bits per heavy atom. The molecule has 2 amide bonds. The van der Waals surface area contributed by atoms with Gasteiger partial charge in [0.25, 0.3) is 0 Å². The maximum absolute atomic E-state index is 11.6. The third-order valence-electron chi connectivity index (χ3n) is 3.29. The van der Waals surface area contributed by atoms with Crippen LogP contribution < -0.4 is 5.73 Å². The number of carbonyl (C=O) groups excluding carboxylic acids is 2. The number of nitrogens with zero attached hydrogens (tertiary/aromatic N) is 2. The average molecular weight is 256 g/mol. The molecule has 3 aliphatic rings. The fourth-order valence-electron chi connectivity index (χ4n) is 2.38. The molecule has 0 aromatic carbocycles. The largest absolute Gasteiger partial charge is 0.366 e. The Morgan fingerprint density at radius 2 is 2.26 bits per heavy atom. The summed E-state index contributed by atoms with van der Waals surface area (Å²) in [7, 11) is 0. The number of H-pyrrole nitrogens is 1. The highest BCUT2D eigenvalue weighted by molar-refractivity contribution is 6.00. The molecule has 0 fully saturated rings. The van der Waals surface area contributed by atoms with Gasteiger partial charge in [-0.1, -0.05) is 0 Å². The Kier molecular flexibility index (Phi) is 2.38. The lowest BCUT2D eigenvalue weighted by atomic mass is 10.1. The fourth-order valence-corrected chi connectivity index (χ4v) is 2.38. The maximum atomic E-state index is 11.6. The SMILES string of the molecule is CC(=O)N1C=Cc2[nH]ncc3cc(C(N)=O)c(c2-3)C1. The van der Waals surface area contributed by atoms with Gasteiger partial charge in [0.1, 0.15) is 0 Å². The molecule has 0 bridgehead atoms. The number of nitrogens with two attached hydrogens (primary N) is 1. The number of nitrogens with one attached hydrogen (secondary N) is 1. The van der Waals surface area contributed by atoms with E-state index in [4.69, 9.17) is 5.73 Å². The molecular formula is C13H12N4O2. The number of primary amides is 1. The first-order chi connectivity index (χ1) is 9.08. The van der Waals surface area contributed by atoms with E-state index in [1.807, 2.05) is 0 Å². The molecule has 2 aliphatic heterocycles. The summed E-state index contributed by atoms with van der Waals surface area (Å²) in [5, 5.41) is 6.89. The fraction of sp³-hybridized carbons (Fsp3) is 0.154. The molecule has 2 heterocycles. The molecular weight excluding hydrogens is 244 g/mol. The molecule has 0 radical (unpaired) electrons. The highest BCUT2D eigenvalue weighted by Crippen LogP contribution is 2.36. The van der Waals surface area contributed by atoms with Gasteiger partial charge in [-0.2, -0.15) is 5.10 Å². The molecule has 0 saturated carbocycles. The summed E-state index contributed by atoms with van der Waals surface area (Å²) in [4.78, 5) is 24.6. The van der Waals surface area contributed by atoms with Crippen LogP contribution in [0, 0.1) is 0 Å². The second-order valence-corrected chi connectivity index (χ2v) is 4.48. The van der Waals surface area contributed by atoms with Gasteiger partial charge in [-0.3, -0.25) is 14.7 Å². The minimum absolute atomic E-state index is 0.0956. The van der Waals surface area contributed by atoms with Gasteiger partial charge in [0.05, 0.1) is 18.4 Å². The third-order valence-corrected chi connectivity index (χ3v) is 3.29. The van der Waals surface area contributed by atoms with Crippen LogP contribution in [-0.2, 0) is 11.3 Å². The van der Waals surface area contributed by atoms with Crippen molar-refractivity contribution in [1.82, 2.24) is 15.1 Å². The molecule has 0 spiro atoms. The number of aromatic amines is 1. The molecule has 0 atom stereocenters. The van der Waals surface area contributed by atoms with Gasteiger partial charge in [0.2, 0.25) is 11.8 Å². The van der Waals surface area contributed by atoms with E-state index >= 15 is 0 Å². The highest BCUT2D eigenvalue weighted by Gasteiger charge is 2.25. The van der Waals surface area contributed by atoms with E-state index in [2.05, 4.69) is 10.2 Å². The Morgan fingerprint density at radius 1 is 1.47 bits per heavy atom. The van der Waals surface area contributed by atoms with Gasteiger partial charge < -0.3 is 10.6 Å². The summed E-state index contributed by atoms with van der Waals surface area (Å²) in [5.74, 6) is -0.593. The van der Waals surface area contributed by atoms with Crippen molar-refractivity contribution in [3.8, 4) is 11.1 Å². The zero-order valence-corrected chi connectivity index (χ0v) is 10.3. The van der Waals surface area contributed by atoms with Gasteiger partial charge in [0, 0.05) is 29.8 Å². The molecule has 0 unspecified atom stereocenters. The number of rotatable bonds is 1. The van der Waals surface area contributed by atoms with Crippen LogP contribution in [-0.4, -0.2) is 26.9 Å². The highest BCUT2D eigenvalue weighted by atomic mass is 16.2. The van der Waals surface area contributed by atoms with Crippen LogP contribution in [0.1, 0.15) is 28.5 Å². The van der Waals surface area contributed by atoms with E-state index in [-0.39, 0.29) is 5.91 Å². The van der Waals surface area contributed by atoms with Gasteiger partial charge >= 0.3 is 0 Å². The second-order valence-electron chi connectivity index (χ2n) is 4.48. The van der Waals surface area contributed by atoms with Crippen molar-refractivity contribution < 1.29 is 9.59 Å². The summed E-state index contributed by atoms with van der Waals surface area (Å²) in [5.41, 5.74) is 9.11. The van der Waals surface area contributed by atoms with Crippen molar-refractivity contribution in [2.24, 2.45) is 5.73 Å². The summed E-state index contributed by atoms with van der Waals surface area (Å²) in [6.45, 7) is 1.81. The first-order valence-electron chi connectivity index (χ1n) is 5.82. The van der Waals surface area contributed by atoms with Crippen molar-refractivity contribution in [3.63, 3.8) is 0 Å². The first-order valence-corrected chi connectivity index (χ1v) is 5.82. The molecule has 3 N–H and O–H groups in total. The average Bonchev–Trinajstić information content (AvgIpc) is 2.61. The summed E-state index contributed by atoms with van der Waals surface area (Å²) < 4.78 is 0. The topological polar surface area (TPSA) is 92.1 Å². The van der Waals surface area contributed by atoms with Crippen LogP contribution >= 0.6 is 0 Å². The minimum Gasteiger partial charge on any atom is -0.366 e. The second kappa shape index (κ2) is 3.94. The Labute approximate surface area is 109 Å². The first kappa shape index (κ1) is 11.5. The van der Waals surface area contributed by atoms with Crippen LogP contribution in [0.3, 0.4) is 0 Å². The lowest BCUT2D eigenvalue weighted by Gasteiger charge is -2.15. The predicted molar refractivity (Wildman–Crippen MR) is 69.0 cm³/mol. The van der Waals surface area contributed by atoms with Crippen molar-refractivity contribution in [3.05, 3.63) is 35.3 Å². The van der Waals surface area contributed by atoms with Crippen molar-refractivity contribution in [2.45, 2.75) is 13.5 Å². The van der Waals surface area contributed by atoms with E-state index in [1.165, 1.54) is 11.8 Å². The third kappa shape index (κ3) is 1.69. The number of amides is 2. The predicted octanol–water partition coefficient (Wildman–Crippen LogP) is 0.946. The lowest BCUT2D eigenvalue weighted by Crippen LogP contribution is -2.23. The molecule has 6 heteroatoms. The standard InChI is InChI=1S/C13H12N4O2/c1-7(18)17-3-2-11-12-8(5-15-16-11)4-9(13(14)19)10(12)6-17/h2-5,16H,6H2,1H3,(H2,14,19). The van der Waals surface area contributed by atoms with Crippen LogP contribution in [0.2, 0.25) is 0 Å². The van der Waals surface area contributed by atoms with Crippen LogP contribution in [0.5, 0.6) is 0 Å². The van der Waals surface area contributed by atoms with Crippen LogP contribution in [0.15, 0.2) is 18.5 Å². The van der Waals surface area contributed by atoms with Crippen molar-refractivity contribution in [1.29, 1.82) is 0 Å². The zero-order valence-electron chi connectivity index (χ0n) is 10.3. The Bertz CT molecular complexity index is 686. The molecule has 6 nitrogen and oxygen atoms in total. The smallest absolute Gasteiger partial charge is 0.249 e. The van der Waals surface area contributed by atoms with E-state index < -0.39 is 5.91 Å². The summed E-state index contributed by atoms with van der Waals surface area (Å²) >= 11 is 0. The normalized spacial score (nSPS) is 13.6. The van der Waals surface area contributed by atoms with Crippen molar-refractivity contribution in [2.75, 3.05) is 0 Å². The number of carbonyl (C=O) groups is 2. The summed E-state index contributed by atoms with van der Waals surface area (Å²) in [6.07, 6.45) is 5.10. The van der Waals surface area contributed by atoms with Crippen LogP contribution in [0.4, 0.5) is 0 Å². The number of aromatic nitrogens is 2. The maximum Gasteiger partial charge on any atom is 0.249 e. The number of hydrogen-bond acceptors (Lipinski definition) is 3. The molecule has 0 saturated heterocycles. The van der Waals surface area contributed by atoms with Gasteiger partial charge in [-0.15, -0.1) is 0 Å². The Hall–Kier alpha value is -2.63. The van der Waals surface area contributed by atoms with E-state index in [0.29, 0.717) is 12.1 Å². The van der Waals surface area contributed by atoms with Crippen molar-refractivity contribution >= 4 is 17.9 Å². The summed E-state index contributed by atoms with van der Waals surface area (Å²) in [6, 6.07) is 1.72.